The van der Waals surface area contributed by atoms with E-state index in [0.717, 1.165) is 5.56 Å². The fourth-order valence-corrected chi connectivity index (χ4v) is 1.78. The summed E-state index contributed by atoms with van der Waals surface area (Å²) in [4.78, 5) is 22.7. The predicted molar refractivity (Wildman–Crippen MR) is 78.7 cm³/mol. The molecule has 0 saturated carbocycles. The van der Waals surface area contributed by atoms with Gasteiger partial charge in [-0.05, 0) is 23.6 Å². The topological polar surface area (TPSA) is 102 Å². The molecule has 1 unspecified atom stereocenters. The van der Waals surface area contributed by atoms with Crippen molar-refractivity contribution in [2.45, 2.75) is 20.3 Å². The first-order chi connectivity index (χ1) is 9.93. The lowest BCUT2D eigenvalue weighted by molar-refractivity contribution is -0.142. The largest absolute Gasteiger partial charge is 0.481 e. The third kappa shape index (κ3) is 5.53. The third-order valence-electron chi connectivity index (χ3n) is 3.10. The van der Waals surface area contributed by atoms with E-state index in [4.69, 9.17) is 10.4 Å². The molecule has 6 nitrogen and oxygen atoms in total. The minimum absolute atomic E-state index is 0.0620. The molecule has 0 fully saturated rings. The third-order valence-corrected chi connectivity index (χ3v) is 3.10. The number of nitrogens with one attached hydrogen (secondary N) is 2. The second-order valence-electron chi connectivity index (χ2n) is 5.06. The van der Waals surface area contributed by atoms with Gasteiger partial charge in [0, 0.05) is 12.2 Å². The molecule has 0 saturated heterocycles. The number of aliphatic carboxylic acids is 1. The number of carboxylic acid groups (broad SMARTS) is 1. The summed E-state index contributed by atoms with van der Waals surface area (Å²) in [5.74, 6) is -1.60. The lowest BCUT2D eigenvalue weighted by Gasteiger charge is -2.17. The van der Waals surface area contributed by atoms with Gasteiger partial charge in [0.25, 0.3) is 0 Å². The number of nitrogens with zero attached hydrogens (tertiary/aromatic N) is 1. The van der Waals surface area contributed by atoms with Crippen molar-refractivity contribution in [3.05, 3.63) is 29.8 Å². The molecule has 0 aliphatic rings. The number of hydrogen-bond donors (Lipinski definition) is 3. The monoisotopic (exact) mass is 289 g/mol. The Morgan fingerprint density at radius 3 is 2.38 bits per heavy atom. The number of rotatable bonds is 6. The maximum absolute atomic E-state index is 11.7. The quantitative estimate of drug-likeness (QED) is 0.747. The van der Waals surface area contributed by atoms with E-state index in [1.54, 1.807) is 38.1 Å². The highest BCUT2D eigenvalue weighted by atomic mass is 16.4. The number of amides is 2. The molecule has 1 aromatic rings. The van der Waals surface area contributed by atoms with E-state index in [9.17, 15) is 9.59 Å². The first-order valence-electron chi connectivity index (χ1n) is 6.67. The van der Waals surface area contributed by atoms with Crippen LogP contribution in [-0.2, 0) is 11.2 Å². The van der Waals surface area contributed by atoms with Gasteiger partial charge in [0.05, 0.1) is 18.4 Å². The van der Waals surface area contributed by atoms with E-state index in [1.807, 2.05) is 6.07 Å². The fraction of sp³-hybridized carbons (Fsp3) is 0.400. The summed E-state index contributed by atoms with van der Waals surface area (Å²) in [6.45, 7) is 3.67. The minimum atomic E-state index is -0.925. The summed E-state index contributed by atoms with van der Waals surface area (Å²) in [6.07, 6.45) is 0.321. The average molecular weight is 289 g/mol. The lowest BCUT2D eigenvalue weighted by atomic mass is 9.96. The second kappa shape index (κ2) is 7.90. The van der Waals surface area contributed by atoms with Gasteiger partial charge in [-0.15, -0.1) is 0 Å². The summed E-state index contributed by atoms with van der Waals surface area (Å²) < 4.78 is 0. The van der Waals surface area contributed by atoms with E-state index in [1.165, 1.54) is 0 Å². The Morgan fingerprint density at radius 2 is 1.90 bits per heavy atom. The second-order valence-corrected chi connectivity index (χ2v) is 5.06. The highest BCUT2D eigenvalue weighted by Gasteiger charge is 2.21. The van der Waals surface area contributed by atoms with Gasteiger partial charge < -0.3 is 15.7 Å². The van der Waals surface area contributed by atoms with Gasteiger partial charge >= 0.3 is 12.0 Å². The molecule has 6 heteroatoms. The number of hydrogen-bond acceptors (Lipinski definition) is 3. The maximum Gasteiger partial charge on any atom is 0.319 e. The molecule has 0 aliphatic heterocycles. The van der Waals surface area contributed by atoms with Gasteiger partial charge in [0.15, 0.2) is 0 Å². The number of carboxylic acids is 1. The Labute approximate surface area is 123 Å². The molecule has 112 valence electrons. The van der Waals surface area contributed by atoms with Crippen LogP contribution in [-0.4, -0.2) is 23.7 Å². The van der Waals surface area contributed by atoms with Crippen molar-refractivity contribution in [2.24, 2.45) is 11.8 Å². The van der Waals surface area contributed by atoms with Crippen LogP contribution in [0, 0.1) is 23.2 Å². The number of carbonyl (C=O) groups is 2. The van der Waals surface area contributed by atoms with Gasteiger partial charge in [-0.3, -0.25) is 4.79 Å². The normalized spacial score (nSPS) is 11.5. The highest BCUT2D eigenvalue weighted by Crippen LogP contribution is 2.11. The molecule has 21 heavy (non-hydrogen) atoms. The van der Waals surface area contributed by atoms with Gasteiger partial charge in [-0.2, -0.15) is 5.26 Å². The van der Waals surface area contributed by atoms with Crippen LogP contribution in [0.3, 0.4) is 0 Å². The van der Waals surface area contributed by atoms with Crippen LogP contribution in [0.15, 0.2) is 24.3 Å². The van der Waals surface area contributed by atoms with Crippen molar-refractivity contribution in [3.8, 4) is 6.07 Å². The molecule has 1 atom stereocenters. The zero-order valence-electron chi connectivity index (χ0n) is 12.1. The molecule has 2 amide bonds. The summed E-state index contributed by atoms with van der Waals surface area (Å²) in [5, 5.41) is 22.8. The van der Waals surface area contributed by atoms with Crippen molar-refractivity contribution in [3.63, 3.8) is 0 Å². The van der Waals surface area contributed by atoms with Gasteiger partial charge in [0.2, 0.25) is 0 Å². The summed E-state index contributed by atoms with van der Waals surface area (Å²) >= 11 is 0. The highest BCUT2D eigenvalue weighted by molar-refractivity contribution is 5.89. The van der Waals surface area contributed by atoms with Crippen LogP contribution in [0.2, 0.25) is 0 Å². The molecule has 1 aromatic carbocycles. The van der Waals surface area contributed by atoms with Gasteiger partial charge in [-0.25, -0.2) is 4.79 Å². The molecule has 0 aromatic heterocycles. The van der Waals surface area contributed by atoms with Crippen molar-refractivity contribution in [1.82, 2.24) is 5.32 Å². The first kappa shape index (κ1) is 16.5. The molecular formula is C15H19N3O3. The Balaban J connectivity index is 2.50. The standard InChI is InChI=1S/C15H19N3O3/c1-10(2)13(14(19)20)9-17-15(21)18-12-5-3-11(4-6-12)7-8-16/h3-6,10,13H,7,9H2,1-2H3,(H,19,20)(H2,17,18,21). The van der Waals surface area contributed by atoms with E-state index in [2.05, 4.69) is 10.6 Å². The van der Waals surface area contributed by atoms with Crippen LogP contribution in [0.4, 0.5) is 10.5 Å². The molecule has 0 spiro atoms. The minimum Gasteiger partial charge on any atom is -0.481 e. The summed E-state index contributed by atoms with van der Waals surface area (Å²) in [7, 11) is 0. The van der Waals surface area contributed by atoms with Crippen molar-refractivity contribution in [1.29, 1.82) is 5.26 Å². The van der Waals surface area contributed by atoms with Gasteiger partial charge in [-0.1, -0.05) is 26.0 Å². The zero-order chi connectivity index (χ0) is 15.8. The first-order valence-corrected chi connectivity index (χ1v) is 6.67. The van der Waals surface area contributed by atoms with Crippen LogP contribution >= 0.6 is 0 Å². The average Bonchev–Trinajstić information content (AvgIpc) is 2.40. The Kier molecular flexibility index (Phi) is 6.21. The predicted octanol–water partition coefficient (Wildman–Crippen LogP) is 2.23. The Morgan fingerprint density at radius 1 is 1.29 bits per heavy atom. The Bertz CT molecular complexity index is 532. The number of carbonyl (C=O) groups excluding carboxylic acids is 1. The molecule has 1 rings (SSSR count). The van der Waals surface area contributed by atoms with Crippen LogP contribution in [0.5, 0.6) is 0 Å². The number of urea groups is 1. The van der Waals surface area contributed by atoms with E-state index >= 15 is 0 Å². The van der Waals surface area contributed by atoms with Crippen LogP contribution in [0.1, 0.15) is 19.4 Å². The van der Waals surface area contributed by atoms with E-state index < -0.39 is 17.9 Å². The zero-order valence-corrected chi connectivity index (χ0v) is 12.1. The van der Waals surface area contributed by atoms with E-state index in [-0.39, 0.29) is 12.5 Å². The molecule has 0 bridgehead atoms. The molecular weight excluding hydrogens is 270 g/mol. The smallest absolute Gasteiger partial charge is 0.319 e. The SMILES string of the molecule is CC(C)C(CNC(=O)Nc1ccc(CC#N)cc1)C(=O)O. The maximum atomic E-state index is 11.7. The molecule has 0 heterocycles. The van der Waals surface area contributed by atoms with Crippen LogP contribution < -0.4 is 10.6 Å². The fourth-order valence-electron chi connectivity index (χ4n) is 1.78. The molecule has 0 aliphatic carbocycles. The number of benzene rings is 1. The van der Waals surface area contributed by atoms with Crippen molar-refractivity contribution in [2.75, 3.05) is 11.9 Å². The number of nitriles is 1. The van der Waals surface area contributed by atoms with Crippen molar-refractivity contribution >= 4 is 17.7 Å². The molecule has 3 N–H and O–H groups in total. The Hall–Kier alpha value is -2.55. The van der Waals surface area contributed by atoms with Crippen molar-refractivity contribution < 1.29 is 14.7 Å². The summed E-state index contributed by atoms with van der Waals surface area (Å²) in [6, 6.07) is 8.50. The van der Waals surface area contributed by atoms with Crippen LogP contribution in [0.25, 0.3) is 0 Å². The lowest BCUT2D eigenvalue weighted by Crippen LogP contribution is -2.37. The molecule has 0 radical (unpaired) electrons. The number of anilines is 1. The van der Waals surface area contributed by atoms with E-state index in [0.29, 0.717) is 12.1 Å². The summed E-state index contributed by atoms with van der Waals surface area (Å²) in [5.41, 5.74) is 1.46. The van der Waals surface area contributed by atoms with Gasteiger partial charge in [0.1, 0.15) is 0 Å².